The molecule has 0 spiro atoms. The van der Waals surface area contributed by atoms with Crippen LogP contribution in [0.2, 0.25) is 0 Å². The Morgan fingerprint density at radius 3 is 2.94 bits per heavy atom. The average Bonchev–Trinajstić information content (AvgIpc) is 2.80. The van der Waals surface area contributed by atoms with Crippen LogP contribution in [0.25, 0.3) is 0 Å². The molecule has 0 aliphatic rings. The number of thiophene rings is 1. The summed E-state index contributed by atoms with van der Waals surface area (Å²) < 4.78 is 0. The zero-order valence-electron chi connectivity index (χ0n) is 10.4. The molecule has 0 saturated heterocycles. The van der Waals surface area contributed by atoms with E-state index in [9.17, 15) is 9.90 Å². The van der Waals surface area contributed by atoms with E-state index in [2.05, 4.69) is 5.32 Å². The van der Waals surface area contributed by atoms with Crippen molar-refractivity contribution in [3.8, 4) is 0 Å². The minimum atomic E-state index is -0.988. The van der Waals surface area contributed by atoms with E-state index in [0.29, 0.717) is 11.7 Å². The Balaban J connectivity index is 2.42. The van der Waals surface area contributed by atoms with Crippen LogP contribution >= 0.6 is 23.1 Å². The molecule has 0 aliphatic carbocycles. The Labute approximate surface area is 111 Å². The maximum atomic E-state index is 11.6. The van der Waals surface area contributed by atoms with Gasteiger partial charge in [-0.3, -0.25) is 4.79 Å². The molecule has 3 nitrogen and oxygen atoms in total. The van der Waals surface area contributed by atoms with Gasteiger partial charge in [0.05, 0.1) is 6.54 Å². The zero-order valence-corrected chi connectivity index (χ0v) is 12.0. The molecule has 1 aromatic rings. The molecular formula is C12H19NO2S2. The molecule has 96 valence electrons. The van der Waals surface area contributed by atoms with E-state index in [1.54, 1.807) is 18.7 Å². The van der Waals surface area contributed by atoms with Crippen molar-refractivity contribution >= 4 is 29.0 Å². The summed E-state index contributed by atoms with van der Waals surface area (Å²) in [5, 5.41) is 17.1. The van der Waals surface area contributed by atoms with E-state index in [4.69, 9.17) is 0 Å². The van der Waals surface area contributed by atoms with Crippen molar-refractivity contribution in [2.45, 2.75) is 31.1 Å². The monoisotopic (exact) mass is 273 g/mol. The smallest absolute Gasteiger partial charge is 0.221 e. The number of hydrogen-bond acceptors (Lipinski definition) is 4. The van der Waals surface area contributed by atoms with Crippen LogP contribution in [0.15, 0.2) is 16.8 Å². The molecule has 1 heterocycles. The fraction of sp³-hybridized carbons (Fsp3) is 0.583. The third-order valence-electron chi connectivity index (χ3n) is 2.65. The van der Waals surface area contributed by atoms with E-state index in [1.165, 1.54) is 11.3 Å². The number of thioether (sulfide) groups is 1. The Hall–Kier alpha value is -0.520. The van der Waals surface area contributed by atoms with Gasteiger partial charge in [0.2, 0.25) is 5.91 Å². The molecule has 0 aromatic carbocycles. The van der Waals surface area contributed by atoms with Crippen LogP contribution in [0.3, 0.4) is 0 Å². The SMILES string of the molecule is CSC(C)CC(=O)NCC(C)(O)c1ccsc1. The number of amides is 1. The summed E-state index contributed by atoms with van der Waals surface area (Å²) >= 11 is 3.20. The van der Waals surface area contributed by atoms with Crippen molar-refractivity contribution in [2.75, 3.05) is 12.8 Å². The fourth-order valence-electron chi connectivity index (χ4n) is 1.36. The van der Waals surface area contributed by atoms with Gasteiger partial charge in [-0.1, -0.05) is 6.92 Å². The predicted octanol–water partition coefficient (Wildman–Crippen LogP) is 2.21. The molecule has 0 fully saturated rings. The van der Waals surface area contributed by atoms with Crippen LogP contribution in [0, 0.1) is 0 Å². The van der Waals surface area contributed by atoms with Crippen molar-refractivity contribution in [1.29, 1.82) is 0 Å². The highest BCUT2D eigenvalue weighted by atomic mass is 32.2. The van der Waals surface area contributed by atoms with E-state index >= 15 is 0 Å². The number of hydrogen-bond donors (Lipinski definition) is 2. The lowest BCUT2D eigenvalue weighted by atomic mass is 9.99. The largest absolute Gasteiger partial charge is 0.384 e. The Bertz CT molecular complexity index is 349. The van der Waals surface area contributed by atoms with Crippen molar-refractivity contribution in [3.05, 3.63) is 22.4 Å². The van der Waals surface area contributed by atoms with Gasteiger partial charge in [-0.25, -0.2) is 0 Å². The average molecular weight is 273 g/mol. The summed E-state index contributed by atoms with van der Waals surface area (Å²) in [7, 11) is 0. The van der Waals surface area contributed by atoms with E-state index in [0.717, 1.165) is 5.56 Å². The zero-order chi connectivity index (χ0) is 12.9. The van der Waals surface area contributed by atoms with E-state index in [-0.39, 0.29) is 12.5 Å². The van der Waals surface area contributed by atoms with Crippen molar-refractivity contribution in [3.63, 3.8) is 0 Å². The fourth-order valence-corrected chi connectivity index (χ4v) is 2.46. The maximum Gasteiger partial charge on any atom is 0.221 e. The highest BCUT2D eigenvalue weighted by Crippen LogP contribution is 2.22. The van der Waals surface area contributed by atoms with Crippen molar-refractivity contribution in [1.82, 2.24) is 5.32 Å². The second-order valence-corrected chi connectivity index (χ2v) is 6.37. The van der Waals surface area contributed by atoms with Gasteiger partial charge in [0.1, 0.15) is 5.60 Å². The van der Waals surface area contributed by atoms with Gasteiger partial charge in [-0.2, -0.15) is 23.1 Å². The number of nitrogens with one attached hydrogen (secondary N) is 1. The second kappa shape index (κ2) is 6.42. The molecule has 2 N–H and O–H groups in total. The number of carbonyl (C=O) groups excluding carboxylic acids is 1. The van der Waals surface area contributed by atoms with Gasteiger partial charge in [-0.05, 0) is 35.6 Å². The van der Waals surface area contributed by atoms with Gasteiger partial charge < -0.3 is 10.4 Å². The summed E-state index contributed by atoms with van der Waals surface area (Å²) in [5.74, 6) is -0.0117. The number of aliphatic hydroxyl groups is 1. The van der Waals surface area contributed by atoms with Gasteiger partial charge in [0, 0.05) is 11.7 Å². The maximum absolute atomic E-state index is 11.6. The molecule has 1 rings (SSSR count). The van der Waals surface area contributed by atoms with Crippen LogP contribution in [-0.4, -0.2) is 29.1 Å². The third kappa shape index (κ3) is 4.69. The summed E-state index contributed by atoms with van der Waals surface area (Å²) in [6, 6.07) is 1.88. The standard InChI is InChI=1S/C12H19NO2S2/c1-9(16-3)6-11(14)13-8-12(2,15)10-4-5-17-7-10/h4-5,7,9,15H,6,8H2,1-3H3,(H,13,14). The van der Waals surface area contributed by atoms with Gasteiger partial charge in [0.15, 0.2) is 0 Å². The summed E-state index contributed by atoms with van der Waals surface area (Å²) in [6.45, 7) is 3.98. The molecule has 1 aromatic heterocycles. The molecule has 17 heavy (non-hydrogen) atoms. The lowest BCUT2D eigenvalue weighted by Crippen LogP contribution is -2.39. The Kier molecular flexibility index (Phi) is 5.49. The second-order valence-electron chi connectivity index (χ2n) is 4.31. The number of carbonyl (C=O) groups is 1. The van der Waals surface area contributed by atoms with Crippen LogP contribution in [-0.2, 0) is 10.4 Å². The lowest BCUT2D eigenvalue weighted by molar-refractivity contribution is -0.122. The van der Waals surface area contributed by atoms with E-state index in [1.807, 2.05) is 30.0 Å². The van der Waals surface area contributed by atoms with Crippen LogP contribution < -0.4 is 5.32 Å². The molecule has 5 heteroatoms. The van der Waals surface area contributed by atoms with Gasteiger partial charge in [-0.15, -0.1) is 0 Å². The molecular weight excluding hydrogens is 254 g/mol. The molecule has 0 aliphatic heterocycles. The molecule has 0 bridgehead atoms. The van der Waals surface area contributed by atoms with Gasteiger partial charge in [0.25, 0.3) is 0 Å². The molecule has 1 amide bonds. The number of rotatable bonds is 6. The first kappa shape index (κ1) is 14.5. The highest BCUT2D eigenvalue weighted by molar-refractivity contribution is 7.99. The first-order valence-corrected chi connectivity index (χ1v) is 7.73. The first-order valence-electron chi connectivity index (χ1n) is 5.50. The minimum Gasteiger partial charge on any atom is -0.384 e. The van der Waals surface area contributed by atoms with Crippen LogP contribution in [0.1, 0.15) is 25.8 Å². The Morgan fingerprint density at radius 1 is 1.71 bits per heavy atom. The van der Waals surface area contributed by atoms with Crippen LogP contribution in [0.5, 0.6) is 0 Å². The molecule has 0 radical (unpaired) electrons. The van der Waals surface area contributed by atoms with Crippen LogP contribution in [0.4, 0.5) is 0 Å². The predicted molar refractivity (Wildman–Crippen MR) is 74.5 cm³/mol. The molecule has 0 saturated carbocycles. The highest BCUT2D eigenvalue weighted by Gasteiger charge is 2.24. The molecule has 2 unspecified atom stereocenters. The topological polar surface area (TPSA) is 49.3 Å². The van der Waals surface area contributed by atoms with Crippen molar-refractivity contribution < 1.29 is 9.90 Å². The quantitative estimate of drug-likeness (QED) is 0.835. The van der Waals surface area contributed by atoms with Crippen molar-refractivity contribution in [2.24, 2.45) is 0 Å². The van der Waals surface area contributed by atoms with Gasteiger partial charge >= 0.3 is 0 Å². The van der Waals surface area contributed by atoms with E-state index < -0.39 is 5.60 Å². The summed E-state index contributed by atoms with van der Waals surface area (Å²) in [4.78, 5) is 11.6. The Morgan fingerprint density at radius 2 is 2.41 bits per heavy atom. The summed E-state index contributed by atoms with van der Waals surface area (Å²) in [5.41, 5.74) is -0.140. The third-order valence-corrected chi connectivity index (χ3v) is 4.30. The minimum absolute atomic E-state index is 0.0117. The first-order chi connectivity index (χ1) is 7.95. The summed E-state index contributed by atoms with van der Waals surface area (Å²) in [6.07, 6.45) is 2.47. The molecule has 2 atom stereocenters. The normalized spacial score (nSPS) is 16.2. The lowest BCUT2D eigenvalue weighted by Gasteiger charge is -2.23.